The van der Waals surface area contributed by atoms with Crippen LogP contribution in [0.1, 0.15) is 42.0 Å². The van der Waals surface area contributed by atoms with Crippen molar-refractivity contribution in [3.05, 3.63) is 64.7 Å². The predicted octanol–water partition coefficient (Wildman–Crippen LogP) is 3.84. The van der Waals surface area contributed by atoms with Crippen molar-refractivity contribution >= 4 is 5.97 Å². The first kappa shape index (κ1) is 20.2. The molecule has 1 aliphatic heterocycles. The number of methoxy groups -OCH3 is 1. The molecule has 5 rings (SSSR count). The largest absolute Gasteiger partial charge is 0.494 e. The zero-order valence-corrected chi connectivity index (χ0v) is 18.4. The van der Waals surface area contributed by atoms with Gasteiger partial charge in [-0.1, -0.05) is 17.9 Å². The van der Waals surface area contributed by atoms with Gasteiger partial charge in [0.15, 0.2) is 0 Å². The van der Waals surface area contributed by atoms with Crippen molar-refractivity contribution in [1.29, 1.82) is 0 Å². The molecule has 1 saturated heterocycles. The number of ether oxygens (including phenoxy) is 2. The molecule has 0 amide bonds. The van der Waals surface area contributed by atoms with Crippen molar-refractivity contribution < 1.29 is 14.3 Å². The fourth-order valence-corrected chi connectivity index (χ4v) is 5.32. The Labute approximate surface area is 184 Å². The van der Waals surface area contributed by atoms with Gasteiger partial charge in [0.2, 0.25) is 0 Å². The van der Waals surface area contributed by atoms with Gasteiger partial charge in [-0.3, -0.25) is 4.79 Å². The molecule has 0 aromatic heterocycles. The Kier molecular flexibility index (Phi) is 5.02. The van der Waals surface area contributed by atoms with Crippen LogP contribution in [-0.2, 0) is 22.4 Å². The van der Waals surface area contributed by atoms with Crippen LogP contribution in [0.5, 0.6) is 5.75 Å². The third-order valence-corrected chi connectivity index (χ3v) is 6.97. The molecule has 1 heterocycles. The van der Waals surface area contributed by atoms with Gasteiger partial charge < -0.3 is 14.4 Å². The molecule has 0 bridgehead atoms. The second kappa shape index (κ2) is 7.73. The van der Waals surface area contributed by atoms with Crippen LogP contribution in [0.4, 0.5) is 0 Å². The zero-order chi connectivity index (χ0) is 21.5. The summed E-state index contributed by atoms with van der Waals surface area (Å²) < 4.78 is 10.5. The summed E-state index contributed by atoms with van der Waals surface area (Å²) in [4.78, 5) is 14.5. The monoisotopic (exact) mass is 415 g/mol. The molecule has 3 aliphatic rings. The van der Waals surface area contributed by atoms with Gasteiger partial charge in [-0.2, -0.15) is 0 Å². The molecule has 0 radical (unpaired) electrons. The third-order valence-electron chi connectivity index (χ3n) is 6.97. The standard InChI is InChI=1S/C27H29NO3/c1-3-31-24-10-7-20(8-11-24)4-5-21-6-9-22-15-26(16-23(22)14-21)17-28(18-26)19-27(12-13-27)25(29)30-2/h6-11,14H,3,12-13,15-19H2,1-2H3. The van der Waals surface area contributed by atoms with Gasteiger partial charge in [-0.15, -0.1) is 0 Å². The highest BCUT2D eigenvalue weighted by atomic mass is 16.5. The van der Waals surface area contributed by atoms with E-state index in [1.807, 2.05) is 31.2 Å². The fraction of sp³-hybridized carbons (Fsp3) is 0.444. The first-order valence-corrected chi connectivity index (χ1v) is 11.2. The first-order valence-electron chi connectivity index (χ1n) is 11.2. The summed E-state index contributed by atoms with van der Waals surface area (Å²) in [6, 6.07) is 14.6. The van der Waals surface area contributed by atoms with Gasteiger partial charge in [-0.05, 0) is 80.1 Å². The number of carbonyl (C=O) groups excluding carboxylic acids is 1. The third kappa shape index (κ3) is 3.95. The Morgan fingerprint density at radius 3 is 2.35 bits per heavy atom. The average Bonchev–Trinajstić information content (AvgIpc) is 3.44. The van der Waals surface area contributed by atoms with Gasteiger partial charge in [0.25, 0.3) is 0 Å². The highest BCUT2D eigenvalue weighted by Gasteiger charge is 2.56. The molecule has 31 heavy (non-hydrogen) atoms. The number of rotatable bonds is 5. The van der Waals surface area contributed by atoms with E-state index in [-0.39, 0.29) is 11.4 Å². The maximum absolute atomic E-state index is 12.0. The van der Waals surface area contributed by atoms with Crippen molar-refractivity contribution in [3.63, 3.8) is 0 Å². The summed E-state index contributed by atoms with van der Waals surface area (Å²) in [6.45, 7) is 5.67. The van der Waals surface area contributed by atoms with Crippen molar-refractivity contribution in [2.75, 3.05) is 33.4 Å². The minimum absolute atomic E-state index is 0.0288. The number of hydrogen-bond donors (Lipinski definition) is 0. The lowest BCUT2D eigenvalue weighted by molar-refractivity contribution is -0.149. The minimum Gasteiger partial charge on any atom is -0.494 e. The number of fused-ring (bicyclic) bond motifs is 1. The number of hydrogen-bond acceptors (Lipinski definition) is 4. The van der Waals surface area contributed by atoms with Crippen LogP contribution < -0.4 is 4.74 Å². The van der Waals surface area contributed by atoms with E-state index in [9.17, 15) is 4.79 Å². The van der Waals surface area contributed by atoms with Gasteiger partial charge in [0, 0.05) is 36.2 Å². The quantitative estimate of drug-likeness (QED) is 0.549. The van der Waals surface area contributed by atoms with Crippen molar-refractivity contribution in [2.45, 2.75) is 32.6 Å². The van der Waals surface area contributed by atoms with Gasteiger partial charge in [0.1, 0.15) is 5.75 Å². The van der Waals surface area contributed by atoms with E-state index in [2.05, 4.69) is 34.9 Å². The van der Waals surface area contributed by atoms with Crippen LogP contribution >= 0.6 is 0 Å². The molecule has 160 valence electrons. The van der Waals surface area contributed by atoms with Crippen LogP contribution in [0.3, 0.4) is 0 Å². The molecule has 2 aromatic rings. The first-order chi connectivity index (χ1) is 15.0. The van der Waals surface area contributed by atoms with Crippen LogP contribution in [0.15, 0.2) is 42.5 Å². The number of benzene rings is 2. The molecule has 2 aromatic carbocycles. The van der Waals surface area contributed by atoms with E-state index in [0.717, 1.165) is 62.2 Å². The lowest BCUT2D eigenvalue weighted by Crippen LogP contribution is -2.58. The molecule has 2 fully saturated rings. The molecule has 0 unspecified atom stereocenters. The zero-order valence-electron chi connectivity index (χ0n) is 18.4. The summed E-state index contributed by atoms with van der Waals surface area (Å²) in [5.74, 6) is 7.44. The highest BCUT2D eigenvalue weighted by Crippen LogP contribution is 2.51. The Morgan fingerprint density at radius 1 is 1.00 bits per heavy atom. The average molecular weight is 416 g/mol. The lowest BCUT2D eigenvalue weighted by atomic mass is 9.76. The molecule has 1 saturated carbocycles. The molecule has 4 heteroatoms. The molecule has 0 N–H and O–H groups in total. The number of likely N-dealkylation sites (tertiary alicyclic amines) is 1. The molecule has 2 aliphatic carbocycles. The molecule has 1 spiro atoms. The van der Waals surface area contributed by atoms with Crippen LogP contribution in [0.2, 0.25) is 0 Å². The van der Waals surface area contributed by atoms with E-state index in [1.165, 1.54) is 18.2 Å². The maximum atomic E-state index is 12.0. The van der Waals surface area contributed by atoms with Crippen molar-refractivity contribution in [1.82, 2.24) is 4.90 Å². The fourth-order valence-electron chi connectivity index (χ4n) is 5.32. The second-order valence-electron chi connectivity index (χ2n) is 9.46. The summed E-state index contributed by atoms with van der Waals surface area (Å²) in [5.41, 5.74) is 5.09. The van der Waals surface area contributed by atoms with Crippen molar-refractivity contribution in [3.8, 4) is 17.6 Å². The van der Waals surface area contributed by atoms with Crippen LogP contribution in [0.25, 0.3) is 0 Å². The smallest absolute Gasteiger partial charge is 0.313 e. The predicted molar refractivity (Wildman–Crippen MR) is 120 cm³/mol. The number of esters is 1. The Hall–Kier alpha value is -2.77. The Morgan fingerprint density at radius 2 is 1.68 bits per heavy atom. The molecule has 4 nitrogen and oxygen atoms in total. The summed E-state index contributed by atoms with van der Waals surface area (Å²) in [5, 5.41) is 0. The van der Waals surface area contributed by atoms with E-state index < -0.39 is 0 Å². The summed E-state index contributed by atoms with van der Waals surface area (Å²) in [7, 11) is 1.50. The van der Waals surface area contributed by atoms with Crippen LogP contribution in [-0.4, -0.2) is 44.2 Å². The van der Waals surface area contributed by atoms with E-state index in [1.54, 1.807) is 0 Å². The summed E-state index contributed by atoms with van der Waals surface area (Å²) >= 11 is 0. The van der Waals surface area contributed by atoms with Gasteiger partial charge >= 0.3 is 5.97 Å². The number of carbonyl (C=O) groups is 1. The van der Waals surface area contributed by atoms with Gasteiger partial charge in [0.05, 0.1) is 19.1 Å². The van der Waals surface area contributed by atoms with E-state index in [4.69, 9.17) is 9.47 Å². The molecular weight excluding hydrogens is 386 g/mol. The van der Waals surface area contributed by atoms with Crippen LogP contribution in [0, 0.1) is 22.7 Å². The highest BCUT2D eigenvalue weighted by molar-refractivity contribution is 5.80. The van der Waals surface area contributed by atoms with E-state index in [0.29, 0.717) is 12.0 Å². The SMILES string of the molecule is CCOc1ccc(C#Cc2ccc3c(c2)CC2(C3)CN(CC3(C(=O)OC)CC3)C2)cc1. The number of nitrogens with zero attached hydrogens (tertiary/aromatic N) is 1. The molecular formula is C27H29NO3. The maximum Gasteiger partial charge on any atom is 0.313 e. The molecule has 0 atom stereocenters. The Balaban J connectivity index is 1.21. The van der Waals surface area contributed by atoms with Crippen molar-refractivity contribution in [2.24, 2.45) is 10.8 Å². The topological polar surface area (TPSA) is 38.8 Å². The lowest BCUT2D eigenvalue weighted by Gasteiger charge is -2.49. The summed E-state index contributed by atoms with van der Waals surface area (Å²) in [6.07, 6.45) is 4.19. The minimum atomic E-state index is -0.217. The normalized spacial score (nSPS) is 19.7. The Bertz CT molecular complexity index is 1050. The second-order valence-corrected chi connectivity index (χ2v) is 9.46. The van der Waals surface area contributed by atoms with Gasteiger partial charge in [-0.25, -0.2) is 0 Å². The van der Waals surface area contributed by atoms with E-state index >= 15 is 0 Å².